The molecule has 0 aromatic carbocycles. The highest BCUT2D eigenvalue weighted by atomic mass is 79.9. The number of rotatable bonds is 1. The summed E-state index contributed by atoms with van der Waals surface area (Å²) < 4.78 is 13.9. The highest BCUT2D eigenvalue weighted by Crippen LogP contribution is 2.30. The lowest BCUT2D eigenvalue weighted by Gasteiger charge is -2.07. The average Bonchev–Trinajstić information content (AvgIpc) is 2.75. The standard InChI is InChI=1S/C8H8BrFN2/c1-8(4-11-8)7-5(10)2-3-6(9)12-7/h2-3,11H,4H2,1H3. The van der Waals surface area contributed by atoms with Gasteiger partial charge in [0.2, 0.25) is 0 Å². The quantitative estimate of drug-likeness (QED) is 0.590. The largest absolute Gasteiger partial charge is 0.303 e. The summed E-state index contributed by atoms with van der Waals surface area (Å²) in [5.41, 5.74) is 0.255. The highest BCUT2D eigenvalue weighted by Gasteiger charge is 2.42. The minimum absolute atomic E-state index is 0.242. The van der Waals surface area contributed by atoms with Crippen LogP contribution in [0.4, 0.5) is 4.39 Å². The average molecular weight is 231 g/mol. The molecule has 0 amide bonds. The van der Waals surface area contributed by atoms with E-state index in [0.717, 1.165) is 6.54 Å². The first-order valence-corrected chi connectivity index (χ1v) is 4.49. The number of pyridine rings is 1. The van der Waals surface area contributed by atoms with E-state index >= 15 is 0 Å². The van der Waals surface area contributed by atoms with E-state index in [1.807, 2.05) is 6.92 Å². The maximum Gasteiger partial charge on any atom is 0.146 e. The van der Waals surface area contributed by atoms with E-state index in [1.165, 1.54) is 6.07 Å². The normalized spacial score (nSPS) is 27.2. The smallest absolute Gasteiger partial charge is 0.146 e. The van der Waals surface area contributed by atoms with Crippen molar-refractivity contribution >= 4 is 15.9 Å². The molecule has 0 bridgehead atoms. The van der Waals surface area contributed by atoms with Gasteiger partial charge in [-0.15, -0.1) is 0 Å². The molecule has 1 saturated heterocycles. The first-order chi connectivity index (χ1) is 5.62. The Balaban J connectivity index is 2.48. The summed E-state index contributed by atoms with van der Waals surface area (Å²) in [4.78, 5) is 4.09. The second-order valence-electron chi connectivity index (χ2n) is 3.15. The molecule has 4 heteroatoms. The topological polar surface area (TPSA) is 34.8 Å². The molecular weight excluding hydrogens is 223 g/mol. The number of hydrogen-bond acceptors (Lipinski definition) is 2. The van der Waals surface area contributed by atoms with Gasteiger partial charge in [0.1, 0.15) is 10.4 Å². The fraction of sp³-hybridized carbons (Fsp3) is 0.375. The fourth-order valence-electron chi connectivity index (χ4n) is 1.11. The summed E-state index contributed by atoms with van der Waals surface area (Å²) in [5.74, 6) is -0.245. The van der Waals surface area contributed by atoms with Crippen LogP contribution in [0.15, 0.2) is 16.7 Å². The summed E-state index contributed by atoms with van der Waals surface area (Å²) in [5, 5.41) is 3.07. The molecule has 0 saturated carbocycles. The van der Waals surface area contributed by atoms with Crippen LogP contribution >= 0.6 is 15.9 Å². The molecule has 2 nitrogen and oxygen atoms in total. The molecule has 2 heterocycles. The lowest BCUT2D eigenvalue weighted by atomic mass is 10.1. The molecule has 12 heavy (non-hydrogen) atoms. The second-order valence-corrected chi connectivity index (χ2v) is 3.96. The first-order valence-electron chi connectivity index (χ1n) is 3.69. The van der Waals surface area contributed by atoms with E-state index in [2.05, 4.69) is 26.2 Å². The van der Waals surface area contributed by atoms with E-state index in [9.17, 15) is 4.39 Å². The Morgan fingerprint density at radius 2 is 2.33 bits per heavy atom. The van der Waals surface area contributed by atoms with Gasteiger partial charge in [-0.3, -0.25) is 0 Å². The van der Waals surface area contributed by atoms with Crippen molar-refractivity contribution in [2.24, 2.45) is 0 Å². The van der Waals surface area contributed by atoms with Crippen LogP contribution in [0.25, 0.3) is 0 Å². The minimum atomic E-state index is -0.245. The number of hydrogen-bond donors (Lipinski definition) is 1. The first kappa shape index (κ1) is 8.13. The van der Waals surface area contributed by atoms with Crippen LogP contribution in [0.1, 0.15) is 12.6 Å². The molecule has 1 aliphatic heterocycles. The maximum absolute atomic E-state index is 13.2. The molecule has 0 spiro atoms. The summed E-state index contributed by atoms with van der Waals surface area (Å²) in [6.45, 7) is 2.73. The van der Waals surface area contributed by atoms with Crippen LogP contribution in [0.3, 0.4) is 0 Å². The summed E-state index contributed by atoms with van der Waals surface area (Å²) in [6, 6.07) is 3.03. The SMILES string of the molecule is CC1(c2nc(Br)ccc2F)CN1. The van der Waals surface area contributed by atoms with E-state index in [0.29, 0.717) is 10.3 Å². The highest BCUT2D eigenvalue weighted by molar-refractivity contribution is 9.10. The summed E-state index contributed by atoms with van der Waals surface area (Å²) >= 11 is 3.21. The van der Waals surface area contributed by atoms with Crippen LogP contribution in [-0.4, -0.2) is 11.5 Å². The predicted octanol–water partition coefficient (Wildman–Crippen LogP) is 1.80. The van der Waals surface area contributed by atoms with Crippen molar-refractivity contribution in [2.75, 3.05) is 6.54 Å². The van der Waals surface area contributed by atoms with E-state index in [-0.39, 0.29) is 11.4 Å². The lowest BCUT2D eigenvalue weighted by molar-refractivity contribution is 0.564. The van der Waals surface area contributed by atoms with E-state index in [4.69, 9.17) is 0 Å². The predicted molar refractivity (Wildman–Crippen MR) is 47.2 cm³/mol. The zero-order valence-electron chi connectivity index (χ0n) is 6.56. The van der Waals surface area contributed by atoms with Gasteiger partial charge in [-0.2, -0.15) is 0 Å². The van der Waals surface area contributed by atoms with Gasteiger partial charge in [-0.1, -0.05) is 0 Å². The van der Waals surface area contributed by atoms with Crippen molar-refractivity contribution in [3.8, 4) is 0 Å². The molecule has 1 fully saturated rings. The Hall–Kier alpha value is -0.480. The summed E-state index contributed by atoms with van der Waals surface area (Å²) in [6.07, 6.45) is 0. The van der Waals surface area contributed by atoms with Crippen LogP contribution in [0.2, 0.25) is 0 Å². The van der Waals surface area contributed by atoms with Gasteiger partial charge in [-0.25, -0.2) is 9.37 Å². The number of nitrogens with one attached hydrogen (secondary N) is 1. The number of aromatic nitrogens is 1. The van der Waals surface area contributed by atoms with Gasteiger partial charge in [0.15, 0.2) is 0 Å². The molecule has 1 atom stereocenters. The molecule has 2 rings (SSSR count). The second kappa shape index (κ2) is 2.50. The van der Waals surface area contributed by atoms with Crippen molar-refractivity contribution in [2.45, 2.75) is 12.5 Å². The molecule has 1 unspecified atom stereocenters. The van der Waals surface area contributed by atoms with Gasteiger partial charge in [0, 0.05) is 6.54 Å². The molecule has 0 aliphatic carbocycles. The maximum atomic E-state index is 13.2. The van der Waals surface area contributed by atoms with Crippen molar-refractivity contribution in [3.63, 3.8) is 0 Å². The molecule has 1 N–H and O–H groups in total. The summed E-state index contributed by atoms with van der Waals surface area (Å²) in [7, 11) is 0. The van der Waals surface area contributed by atoms with E-state index in [1.54, 1.807) is 6.07 Å². The fourth-order valence-corrected chi connectivity index (χ4v) is 1.41. The van der Waals surface area contributed by atoms with Gasteiger partial charge >= 0.3 is 0 Å². The molecule has 1 aromatic heterocycles. The van der Waals surface area contributed by atoms with Crippen LogP contribution < -0.4 is 5.32 Å². The van der Waals surface area contributed by atoms with Gasteiger partial charge in [0.05, 0.1) is 11.2 Å². The van der Waals surface area contributed by atoms with Crippen molar-refractivity contribution < 1.29 is 4.39 Å². The Labute approximate surface area is 78.3 Å². The monoisotopic (exact) mass is 230 g/mol. The van der Waals surface area contributed by atoms with Gasteiger partial charge in [-0.05, 0) is 35.0 Å². The Morgan fingerprint density at radius 1 is 1.67 bits per heavy atom. The Morgan fingerprint density at radius 3 is 2.92 bits per heavy atom. The third kappa shape index (κ3) is 1.25. The number of halogens is 2. The zero-order chi connectivity index (χ0) is 8.77. The Kier molecular flexibility index (Phi) is 1.70. The van der Waals surface area contributed by atoms with Gasteiger partial charge in [0.25, 0.3) is 0 Å². The zero-order valence-corrected chi connectivity index (χ0v) is 8.15. The third-order valence-electron chi connectivity index (χ3n) is 2.04. The molecule has 64 valence electrons. The Bertz CT molecular complexity index is 323. The molecule has 0 radical (unpaired) electrons. The molecule has 1 aromatic rings. The minimum Gasteiger partial charge on any atom is -0.303 e. The van der Waals surface area contributed by atoms with Crippen molar-refractivity contribution in [1.29, 1.82) is 0 Å². The van der Waals surface area contributed by atoms with Crippen LogP contribution in [0, 0.1) is 5.82 Å². The van der Waals surface area contributed by atoms with Gasteiger partial charge < -0.3 is 5.32 Å². The van der Waals surface area contributed by atoms with Crippen molar-refractivity contribution in [3.05, 3.63) is 28.2 Å². The molecule has 1 aliphatic rings. The third-order valence-corrected chi connectivity index (χ3v) is 2.48. The van der Waals surface area contributed by atoms with Crippen LogP contribution in [-0.2, 0) is 5.54 Å². The number of nitrogens with zero attached hydrogens (tertiary/aromatic N) is 1. The van der Waals surface area contributed by atoms with E-state index < -0.39 is 0 Å². The van der Waals surface area contributed by atoms with Crippen LogP contribution in [0.5, 0.6) is 0 Å². The molecular formula is C8H8BrFN2. The van der Waals surface area contributed by atoms with Crippen molar-refractivity contribution in [1.82, 2.24) is 10.3 Å². The lowest BCUT2D eigenvalue weighted by Crippen LogP contribution is -2.12.